The Bertz CT molecular complexity index is 700. The first kappa shape index (κ1) is 14.6. The minimum absolute atomic E-state index is 0.257. The molecule has 0 aliphatic heterocycles. The first-order valence-electron chi connectivity index (χ1n) is 6.16. The summed E-state index contributed by atoms with van der Waals surface area (Å²) in [7, 11) is 0. The maximum Gasteiger partial charge on any atom is 0.256 e. The third kappa shape index (κ3) is 2.84. The Morgan fingerprint density at radius 3 is 2.85 bits per heavy atom. The highest BCUT2D eigenvalue weighted by atomic mass is 35.5. The fourth-order valence-corrected chi connectivity index (χ4v) is 3.30. The fourth-order valence-electron chi connectivity index (χ4n) is 2.02. The van der Waals surface area contributed by atoms with Crippen molar-refractivity contribution in [2.45, 2.75) is 20.3 Å². The summed E-state index contributed by atoms with van der Waals surface area (Å²) in [5, 5.41) is 13.2. The second-order valence-corrected chi connectivity index (χ2v) is 5.93. The Kier molecular flexibility index (Phi) is 4.43. The summed E-state index contributed by atoms with van der Waals surface area (Å²) < 4.78 is 0. The van der Waals surface area contributed by atoms with Crippen molar-refractivity contribution in [3.63, 3.8) is 0 Å². The lowest BCUT2D eigenvalue weighted by molar-refractivity contribution is 0.102. The number of hydrogen-bond acceptors (Lipinski definition) is 3. The normalized spacial score (nSPS) is 10.1. The molecule has 0 unspecified atom stereocenters. The smallest absolute Gasteiger partial charge is 0.256 e. The number of amides is 1. The lowest BCUT2D eigenvalue weighted by Gasteiger charge is -2.04. The van der Waals surface area contributed by atoms with Crippen LogP contribution in [0.2, 0.25) is 5.02 Å². The van der Waals surface area contributed by atoms with E-state index < -0.39 is 0 Å². The molecule has 5 heteroatoms. The van der Waals surface area contributed by atoms with E-state index in [1.807, 2.05) is 13.8 Å². The van der Waals surface area contributed by atoms with E-state index in [0.29, 0.717) is 21.2 Å². The number of nitriles is 1. The van der Waals surface area contributed by atoms with Crippen molar-refractivity contribution in [1.82, 2.24) is 0 Å². The number of carbonyl (C=O) groups excluding carboxylic acids is 1. The summed E-state index contributed by atoms with van der Waals surface area (Å²) in [6.45, 7) is 3.96. The quantitative estimate of drug-likeness (QED) is 0.914. The van der Waals surface area contributed by atoms with Gasteiger partial charge in [-0.15, -0.1) is 11.3 Å². The highest BCUT2D eigenvalue weighted by molar-refractivity contribution is 7.16. The molecule has 0 saturated heterocycles. The van der Waals surface area contributed by atoms with Crippen LogP contribution in [0.1, 0.15) is 33.3 Å². The number of carbonyl (C=O) groups is 1. The molecule has 3 nitrogen and oxygen atoms in total. The van der Waals surface area contributed by atoms with Crippen molar-refractivity contribution in [3.05, 3.63) is 50.9 Å². The van der Waals surface area contributed by atoms with Gasteiger partial charge in [-0.25, -0.2) is 0 Å². The van der Waals surface area contributed by atoms with Crippen LogP contribution in [0.15, 0.2) is 24.3 Å². The average molecular weight is 305 g/mol. The molecule has 0 bridgehead atoms. The predicted octanol–water partition coefficient (Wildman–Crippen LogP) is 4.40. The molecule has 0 radical (unpaired) electrons. The van der Waals surface area contributed by atoms with Crippen molar-refractivity contribution in [1.29, 1.82) is 5.26 Å². The molecule has 20 heavy (non-hydrogen) atoms. The van der Waals surface area contributed by atoms with E-state index in [1.165, 1.54) is 11.3 Å². The molecule has 0 saturated carbocycles. The number of hydrogen-bond donors (Lipinski definition) is 1. The van der Waals surface area contributed by atoms with Gasteiger partial charge in [0.25, 0.3) is 5.91 Å². The fraction of sp³-hybridized carbons (Fsp3) is 0.200. The minimum atomic E-state index is -0.257. The maximum absolute atomic E-state index is 12.2. The van der Waals surface area contributed by atoms with Gasteiger partial charge in [-0.1, -0.05) is 24.6 Å². The predicted molar refractivity (Wildman–Crippen MR) is 82.6 cm³/mol. The van der Waals surface area contributed by atoms with Crippen LogP contribution in [0.5, 0.6) is 0 Å². The van der Waals surface area contributed by atoms with E-state index in [1.54, 1.807) is 24.3 Å². The van der Waals surface area contributed by atoms with E-state index in [2.05, 4.69) is 11.4 Å². The van der Waals surface area contributed by atoms with E-state index in [9.17, 15) is 10.1 Å². The lowest BCUT2D eigenvalue weighted by atomic mass is 10.1. The Morgan fingerprint density at radius 2 is 2.25 bits per heavy atom. The molecule has 2 aromatic rings. The van der Waals surface area contributed by atoms with Crippen LogP contribution in [-0.4, -0.2) is 5.91 Å². The third-order valence-electron chi connectivity index (χ3n) is 2.99. The number of nitrogens with zero attached hydrogens (tertiary/aromatic N) is 1. The summed E-state index contributed by atoms with van der Waals surface area (Å²) in [4.78, 5) is 13.2. The van der Waals surface area contributed by atoms with Gasteiger partial charge in [-0.3, -0.25) is 4.79 Å². The minimum Gasteiger partial charge on any atom is -0.312 e. The Hall–Kier alpha value is -1.83. The monoisotopic (exact) mass is 304 g/mol. The number of halogens is 1. The summed E-state index contributed by atoms with van der Waals surface area (Å²) in [5.41, 5.74) is 2.04. The van der Waals surface area contributed by atoms with Crippen molar-refractivity contribution < 1.29 is 4.79 Å². The van der Waals surface area contributed by atoms with Crippen LogP contribution in [0, 0.1) is 18.3 Å². The Labute approximate surface area is 126 Å². The largest absolute Gasteiger partial charge is 0.312 e. The van der Waals surface area contributed by atoms with Crippen LogP contribution >= 0.6 is 22.9 Å². The van der Waals surface area contributed by atoms with Crippen LogP contribution in [0.3, 0.4) is 0 Å². The van der Waals surface area contributed by atoms with Crippen molar-refractivity contribution in [2.75, 3.05) is 5.32 Å². The molecular formula is C15H13ClN2OS. The van der Waals surface area contributed by atoms with Crippen LogP contribution in [-0.2, 0) is 6.42 Å². The first-order valence-corrected chi connectivity index (χ1v) is 7.35. The van der Waals surface area contributed by atoms with Gasteiger partial charge >= 0.3 is 0 Å². The molecule has 102 valence electrons. The number of rotatable bonds is 3. The van der Waals surface area contributed by atoms with Crippen molar-refractivity contribution in [3.8, 4) is 6.07 Å². The van der Waals surface area contributed by atoms with E-state index in [0.717, 1.165) is 16.9 Å². The zero-order chi connectivity index (χ0) is 14.7. The van der Waals surface area contributed by atoms with Gasteiger partial charge in [0.2, 0.25) is 0 Å². The third-order valence-corrected chi connectivity index (χ3v) is 4.29. The van der Waals surface area contributed by atoms with Crippen molar-refractivity contribution >= 4 is 33.8 Å². The molecular weight excluding hydrogens is 292 g/mol. The second kappa shape index (κ2) is 6.08. The van der Waals surface area contributed by atoms with Crippen LogP contribution in [0.25, 0.3) is 0 Å². The number of benzene rings is 1. The SMILES string of the molecule is CCc1c(C)sc(NC(=O)c2cccc(Cl)c2)c1C#N. The molecule has 0 atom stereocenters. The molecule has 0 aliphatic rings. The zero-order valence-electron chi connectivity index (χ0n) is 11.2. The van der Waals surface area contributed by atoms with Gasteiger partial charge < -0.3 is 5.32 Å². The molecule has 1 amide bonds. The number of anilines is 1. The molecule has 1 aromatic carbocycles. The van der Waals surface area contributed by atoms with E-state index in [4.69, 9.17) is 11.6 Å². The standard InChI is InChI=1S/C15H13ClN2OS/c1-3-12-9(2)20-15(13(12)8-17)18-14(19)10-5-4-6-11(16)7-10/h4-7H,3H2,1-2H3,(H,18,19). The molecule has 1 aromatic heterocycles. The molecule has 0 aliphatic carbocycles. The second-order valence-electron chi connectivity index (χ2n) is 4.27. The van der Waals surface area contributed by atoms with Gasteiger partial charge in [0.15, 0.2) is 0 Å². The highest BCUT2D eigenvalue weighted by Gasteiger charge is 2.17. The van der Waals surface area contributed by atoms with E-state index in [-0.39, 0.29) is 5.91 Å². The molecule has 0 spiro atoms. The summed E-state index contributed by atoms with van der Waals surface area (Å²) in [6.07, 6.45) is 0.776. The summed E-state index contributed by atoms with van der Waals surface area (Å²) in [6, 6.07) is 8.90. The van der Waals surface area contributed by atoms with Gasteiger partial charge in [0.1, 0.15) is 11.1 Å². The molecule has 1 N–H and O–H groups in total. The number of aryl methyl sites for hydroxylation is 1. The maximum atomic E-state index is 12.2. The highest BCUT2D eigenvalue weighted by Crippen LogP contribution is 2.33. The Balaban J connectivity index is 2.31. The average Bonchev–Trinajstić information content (AvgIpc) is 2.73. The zero-order valence-corrected chi connectivity index (χ0v) is 12.7. The summed E-state index contributed by atoms with van der Waals surface area (Å²) >= 11 is 7.30. The van der Waals surface area contributed by atoms with Crippen LogP contribution < -0.4 is 5.32 Å². The topological polar surface area (TPSA) is 52.9 Å². The Morgan fingerprint density at radius 1 is 1.50 bits per heavy atom. The van der Waals surface area contributed by atoms with Crippen LogP contribution in [0.4, 0.5) is 5.00 Å². The van der Waals surface area contributed by atoms with Gasteiger partial charge in [0, 0.05) is 15.5 Å². The van der Waals surface area contributed by atoms with E-state index >= 15 is 0 Å². The molecule has 0 fully saturated rings. The number of nitrogens with one attached hydrogen (secondary N) is 1. The molecule has 1 heterocycles. The lowest BCUT2D eigenvalue weighted by Crippen LogP contribution is -2.11. The first-order chi connectivity index (χ1) is 9.56. The van der Waals surface area contributed by atoms with Crippen molar-refractivity contribution in [2.24, 2.45) is 0 Å². The van der Waals surface area contributed by atoms with Gasteiger partial charge in [-0.2, -0.15) is 5.26 Å². The summed E-state index contributed by atoms with van der Waals surface area (Å²) in [5.74, 6) is -0.257. The number of thiophene rings is 1. The van der Waals surface area contributed by atoms with Gasteiger partial charge in [-0.05, 0) is 37.1 Å². The molecule has 2 rings (SSSR count). The van der Waals surface area contributed by atoms with Gasteiger partial charge in [0.05, 0.1) is 5.56 Å².